The Morgan fingerprint density at radius 2 is 1.62 bits per heavy atom. The molecule has 2 aromatic carbocycles. The maximum Gasteiger partial charge on any atom is 0.349 e. The standard InChI is InChI=1S/C19H20O7/c1-22-10-11-24-19(21)14-4-3-5-17(12-14)26-18(20)13-25-16-8-6-15(23-2)7-9-16/h3-9,12H,10-11,13H2,1-2H3. The van der Waals surface area contributed by atoms with Gasteiger partial charge in [0, 0.05) is 7.11 Å². The predicted molar refractivity (Wildman–Crippen MR) is 92.7 cm³/mol. The molecule has 0 aliphatic carbocycles. The minimum atomic E-state index is -0.592. The van der Waals surface area contributed by atoms with Crippen LogP contribution in [0.25, 0.3) is 0 Å². The third-order valence-corrected chi connectivity index (χ3v) is 3.24. The van der Waals surface area contributed by atoms with E-state index in [9.17, 15) is 9.59 Å². The van der Waals surface area contributed by atoms with Crippen molar-refractivity contribution in [3.05, 3.63) is 54.1 Å². The lowest BCUT2D eigenvalue weighted by atomic mass is 10.2. The summed E-state index contributed by atoms with van der Waals surface area (Å²) >= 11 is 0. The van der Waals surface area contributed by atoms with Crippen LogP contribution in [0.2, 0.25) is 0 Å². The van der Waals surface area contributed by atoms with Crippen LogP contribution in [-0.2, 0) is 14.3 Å². The van der Waals surface area contributed by atoms with Crippen LogP contribution >= 0.6 is 0 Å². The highest BCUT2D eigenvalue weighted by Gasteiger charge is 2.11. The molecule has 7 nitrogen and oxygen atoms in total. The summed E-state index contributed by atoms with van der Waals surface area (Å²) in [6, 6.07) is 13.0. The van der Waals surface area contributed by atoms with Gasteiger partial charge in [-0.15, -0.1) is 0 Å². The summed E-state index contributed by atoms with van der Waals surface area (Å²) in [7, 11) is 3.08. The minimum absolute atomic E-state index is 0.148. The monoisotopic (exact) mass is 360 g/mol. The first-order chi connectivity index (χ1) is 12.6. The van der Waals surface area contributed by atoms with E-state index in [1.54, 1.807) is 49.6 Å². The summed E-state index contributed by atoms with van der Waals surface area (Å²) < 4.78 is 25.4. The van der Waals surface area contributed by atoms with E-state index in [4.69, 9.17) is 23.7 Å². The largest absolute Gasteiger partial charge is 0.497 e. The molecule has 138 valence electrons. The fourth-order valence-electron chi connectivity index (χ4n) is 1.96. The average Bonchev–Trinajstić information content (AvgIpc) is 2.67. The van der Waals surface area contributed by atoms with E-state index in [1.165, 1.54) is 13.2 Å². The number of methoxy groups -OCH3 is 2. The molecule has 0 fully saturated rings. The Balaban J connectivity index is 1.86. The first-order valence-electron chi connectivity index (χ1n) is 7.86. The summed E-state index contributed by atoms with van der Waals surface area (Å²) in [6.07, 6.45) is 0. The Morgan fingerprint density at radius 3 is 2.31 bits per heavy atom. The first-order valence-corrected chi connectivity index (χ1v) is 7.86. The summed E-state index contributed by atoms with van der Waals surface area (Å²) in [5.41, 5.74) is 0.280. The van der Waals surface area contributed by atoms with Gasteiger partial charge in [-0.3, -0.25) is 0 Å². The molecule has 0 aliphatic rings. The zero-order valence-electron chi connectivity index (χ0n) is 14.6. The van der Waals surface area contributed by atoms with Crippen LogP contribution in [-0.4, -0.2) is 46.0 Å². The van der Waals surface area contributed by atoms with Crippen molar-refractivity contribution in [3.8, 4) is 17.2 Å². The van der Waals surface area contributed by atoms with Gasteiger partial charge in [-0.2, -0.15) is 0 Å². The average molecular weight is 360 g/mol. The van der Waals surface area contributed by atoms with Crippen LogP contribution in [0.15, 0.2) is 48.5 Å². The number of esters is 2. The number of carbonyl (C=O) groups is 2. The van der Waals surface area contributed by atoms with E-state index in [0.29, 0.717) is 18.1 Å². The molecule has 0 amide bonds. The Morgan fingerprint density at radius 1 is 0.885 bits per heavy atom. The van der Waals surface area contributed by atoms with Crippen molar-refractivity contribution in [2.24, 2.45) is 0 Å². The summed E-state index contributed by atoms with van der Waals surface area (Å²) in [6.45, 7) is 0.188. The fraction of sp³-hybridized carbons (Fsp3) is 0.263. The van der Waals surface area contributed by atoms with Crippen molar-refractivity contribution >= 4 is 11.9 Å². The van der Waals surface area contributed by atoms with E-state index in [2.05, 4.69) is 0 Å². The van der Waals surface area contributed by atoms with E-state index in [-0.39, 0.29) is 24.5 Å². The molecule has 26 heavy (non-hydrogen) atoms. The summed E-state index contributed by atoms with van der Waals surface area (Å²) in [4.78, 5) is 23.8. The molecule has 0 saturated heterocycles. The molecule has 0 heterocycles. The van der Waals surface area contributed by atoms with Crippen molar-refractivity contribution in [1.29, 1.82) is 0 Å². The molecule has 0 saturated carbocycles. The van der Waals surface area contributed by atoms with E-state index in [1.807, 2.05) is 0 Å². The quantitative estimate of drug-likeness (QED) is 0.386. The Labute approximate surface area is 151 Å². The lowest BCUT2D eigenvalue weighted by molar-refractivity contribution is -0.136. The third-order valence-electron chi connectivity index (χ3n) is 3.24. The van der Waals surface area contributed by atoms with Gasteiger partial charge in [0.05, 0.1) is 19.3 Å². The maximum atomic E-state index is 11.9. The van der Waals surface area contributed by atoms with Crippen molar-refractivity contribution in [1.82, 2.24) is 0 Å². The van der Waals surface area contributed by atoms with Gasteiger partial charge in [0.25, 0.3) is 0 Å². The molecule has 2 rings (SSSR count). The number of ether oxygens (including phenoxy) is 5. The minimum Gasteiger partial charge on any atom is -0.497 e. The van der Waals surface area contributed by atoms with Gasteiger partial charge in [0.2, 0.25) is 0 Å². The third kappa shape index (κ3) is 6.10. The lowest BCUT2D eigenvalue weighted by Gasteiger charge is -2.08. The molecule has 0 atom stereocenters. The Kier molecular flexibility index (Phi) is 7.45. The molecule has 0 unspecified atom stereocenters. The molecule has 0 N–H and O–H groups in total. The topological polar surface area (TPSA) is 80.3 Å². The van der Waals surface area contributed by atoms with Crippen LogP contribution in [0.1, 0.15) is 10.4 Å². The van der Waals surface area contributed by atoms with Crippen LogP contribution in [0.4, 0.5) is 0 Å². The first kappa shape index (κ1) is 19.3. The fourth-order valence-corrected chi connectivity index (χ4v) is 1.96. The van der Waals surface area contributed by atoms with Crippen molar-refractivity contribution < 1.29 is 33.3 Å². The second-order valence-corrected chi connectivity index (χ2v) is 5.09. The number of hydrogen-bond donors (Lipinski definition) is 0. The SMILES string of the molecule is COCCOC(=O)c1cccc(OC(=O)COc2ccc(OC)cc2)c1. The summed E-state index contributed by atoms with van der Waals surface area (Å²) in [5.74, 6) is 0.321. The van der Waals surface area contributed by atoms with Gasteiger partial charge < -0.3 is 23.7 Å². The van der Waals surface area contributed by atoms with Gasteiger partial charge in [-0.05, 0) is 42.5 Å². The van der Waals surface area contributed by atoms with E-state index < -0.39 is 11.9 Å². The number of hydrogen-bond acceptors (Lipinski definition) is 7. The second-order valence-electron chi connectivity index (χ2n) is 5.09. The molecule has 0 aliphatic heterocycles. The highest BCUT2D eigenvalue weighted by Crippen LogP contribution is 2.18. The molecule has 0 radical (unpaired) electrons. The summed E-state index contributed by atoms with van der Waals surface area (Å²) in [5, 5.41) is 0. The molecule has 2 aromatic rings. The maximum absolute atomic E-state index is 11.9. The van der Waals surface area contributed by atoms with Gasteiger partial charge in [0.1, 0.15) is 23.9 Å². The zero-order chi connectivity index (χ0) is 18.8. The van der Waals surface area contributed by atoms with E-state index in [0.717, 1.165) is 0 Å². The van der Waals surface area contributed by atoms with Crippen LogP contribution < -0.4 is 14.2 Å². The highest BCUT2D eigenvalue weighted by atomic mass is 16.6. The number of carbonyl (C=O) groups excluding carboxylic acids is 2. The smallest absolute Gasteiger partial charge is 0.349 e. The second kappa shape index (κ2) is 10.0. The number of rotatable bonds is 9. The highest BCUT2D eigenvalue weighted by molar-refractivity contribution is 5.90. The normalized spacial score (nSPS) is 10.1. The molecule has 0 spiro atoms. The van der Waals surface area contributed by atoms with Crippen LogP contribution in [0.5, 0.6) is 17.2 Å². The van der Waals surface area contributed by atoms with Gasteiger partial charge >= 0.3 is 11.9 Å². The van der Waals surface area contributed by atoms with Crippen molar-refractivity contribution in [2.45, 2.75) is 0 Å². The van der Waals surface area contributed by atoms with Gasteiger partial charge in [0.15, 0.2) is 6.61 Å². The molecule has 7 heteroatoms. The van der Waals surface area contributed by atoms with E-state index >= 15 is 0 Å². The van der Waals surface area contributed by atoms with Crippen molar-refractivity contribution in [2.75, 3.05) is 34.0 Å². The van der Waals surface area contributed by atoms with Gasteiger partial charge in [-0.1, -0.05) is 6.07 Å². The predicted octanol–water partition coefficient (Wildman–Crippen LogP) is 2.48. The Bertz CT molecular complexity index is 725. The molecular formula is C19H20O7. The van der Waals surface area contributed by atoms with Crippen molar-refractivity contribution in [3.63, 3.8) is 0 Å². The lowest BCUT2D eigenvalue weighted by Crippen LogP contribution is -2.18. The van der Waals surface area contributed by atoms with Crippen LogP contribution in [0, 0.1) is 0 Å². The zero-order valence-corrected chi connectivity index (χ0v) is 14.6. The molecular weight excluding hydrogens is 340 g/mol. The van der Waals surface area contributed by atoms with Crippen LogP contribution in [0.3, 0.4) is 0 Å². The number of benzene rings is 2. The molecule has 0 aromatic heterocycles. The van der Waals surface area contributed by atoms with Gasteiger partial charge in [-0.25, -0.2) is 9.59 Å². The molecule has 0 bridgehead atoms. The Hall–Kier alpha value is -3.06.